The highest BCUT2D eigenvalue weighted by Gasteiger charge is 2.40. The van der Waals surface area contributed by atoms with Crippen LogP contribution in [-0.2, 0) is 11.3 Å². The normalized spacial score (nSPS) is 27.3. The fourth-order valence-electron chi connectivity index (χ4n) is 4.93. The summed E-state index contributed by atoms with van der Waals surface area (Å²) in [4.78, 5) is 17.4. The van der Waals surface area contributed by atoms with Crippen molar-refractivity contribution in [3.05, 3.63) is 29.8 Å². The van der Waals surface area contributed by atoms with Crippen molar-refractivity contribution in [1.82, 2.24) is 15.1 Å². The molecule has 0 radical (unpaired) electrons. The van der Waals surface area contributed by atoms with Crippen LogP contribution in [-0.4, -0.2) is 61.1 Å². The van der Waals surface area contributed by atoms with Crippen LogP contribution in [0, 0.1) is 5.92 Å². The van der Waals surface area contributed by atoms with Gasteiger partial charge in [-0.05, 0) is 31.2 Å². The maximum absolute atomic E-state index is 12.9. The molecule has 4 rings (SSSR count). The van der Waals surface area contributed by atoms with E-state index in [9.17, 15) is 4.79 Å². The van der Waals surface area contributed by atoms with Gasteiger partial charge in [-0.2, -0.15) is 0 Å². The van der Waals surface area contributed by atoms with Crippen LogP contribution in [0.3, 0.4) is 0 Å². The number of halogens is 2. The molecule has 0 bridgehead atoms. The standard InChI is InChI=1S/C21H31N3O2.2ClH/c1-26-20-9-5-3-7-17(20)15-23-10-12-24(13-11-23)21(25)19-14-16-6-2-4-8-18(16)22-19;;/h3,5,7,9,16,18-19,22H,2,4,6,8,10-15H2,1H3;2*1H. The van der Waals surface area contributed by atoms with Crippen LogP contribution in [0.5, 0.6) is 5.75 Å². The molecule has 3 fully saturated rings. The molecule has 1 amide bonds. The van der Waals surface area contributed by atoms with Gasteiger partial charge in [-0.15, -0.1) is 24.8 Å². The summed E-state index contributed by atoms with van der Waals surface area (Å²) in [5, 5.41) is 3.63. The van der Waals surface area contributed by atoms with E-state index in [-0.39, 0.29) is 30.9 Å². The number of hydrogen-bond donors (Lipinski definition) is 1. The van der Waals surface area contributed by atoms with Gasteiger partial charge in [0, 0.05) is 44.3 Å². The number of fused-ring (bicyclic) bond motifs is 1. The highest BCUT2D eigenvalue weighted by atomic mass is 35.5. The second kappa shape index (κ2) is 10.7. The number of carbonyl (C=O) groups excluding carboxylic acids is 1. The summed E-state index contributed by atoms with van der Waals surface area (Å²) in [6.45, 7) is 4.42. The van der Waals surface area contributed by atoms with E-state index in [0.717, 1.165) is 50.8 Å². The lowest BCUT2D eigenvalue weighted by molar-refractivity contribution is -0.135. The van der Waals surface area contributed by atoms with Crippen molar-refractivity contribution in [3.8, 4) is 5.75 Å². The molecule has 3 unspecified atom stereocenters. The number of nitrogens with one attached hydrogen (secondary N) is 1. The molecule has 7 heteroatoms. The molecule has 1 saturated carbocycles. The average Bonchev–Trinajstić information content (AvgIpc) is 3.13. The molecular formula is C21H33Cl2N3O2. The summed E-state index contributed by atoms with van der Waals surface area (Å²) in [6, 6.07) is 8.85. The molecule has 158 valence electrons. The molecule has 0 spiro atoms. The predicted octanol–water partition coefficient (Wildman–Crippen LogP) is 3.10. The van der Waals surface area contributed by atoms with Crippen LogP contribution < -0.4 is 10.1 Å². The minimum atomic E-state index is 0. The Morgan fingerprint density at radius 1 is 1.11 bits per heavy atom. The van der Waals surface area contributed by atoms with E-state index in [1.165, 1.54) is 31.2 Å². The predicted molar refractivity (Wildman–Crippen MR) is 117 cm³/mol. The number of para-hydroxylation sites is 1. The highest BCUT2D eigenvalue weighted by Crippen LogP contribution is 2.33. The van der Waals surface area contributed by atoms with Crippen molar-refractivity contribution in [1.29, 1.82) is 0 Å². The number of nitrogens with zero attached hydrogens (tertiary/aromatic N) is 2. The van der Waals surface area contributed by atoms with Crippen LogP contribution >= 0.6 is 24.8 Å². The number of ether oxygens (including phenoxy) is 1. The van der Waals surface area contributed by atoms with Gasteiger partial charge < -0.3 is 15.0 Å². The van der Waals surface area contributed by atoms with E-state index in [0.29, 0.717) is 11.9 Å². The summed E-state index contributed by atoms with van der Waals surface area (Å²) >= 11 is 0. The first-order valence-electron chi connectivity index (χ1n) is 10.1. The zero-order valence-electron chi connectivity index (χ0n) is 16.6. The topological polar surface area (TPSA) is 44.8 Å². The van der Waals surface area contributed by atoms with Crippen molar-refractivity contribution in [2.75, 3.05) is 33.3 Å². The van der Waals surface area contributed by atoms with E-state index in [1.54, 1.807) is 7.11 Å². The maximum atomic E-state index is 12.9. The van der Waals surface area contributed by atoms with E-state index in [2.05, 4.69) is 27.2 Å². The molecule has 5 nitrogen and oxygen atoms in total. The van der Waals surface area contributed by atoms with Crippen molar-refractivity contribution in [2.24, 2.45) is 5.92 Å². The van der Waals surface area contributed by atoms with Crippen LogP contribution in [0.25, 0.3) is 0 Å². The van der Waals surface area contributed by atoms with Crippen LogP contribution in [0.4, 0.5) is 0 Å². The SMILES string of the molecule is COc1ccccc1CN1CCN(C(=O)C2CC3CCCCC3N2)CC1.Cl.Cl. The van der Waals surface area contributed by atoms with Crippen molar-refractivity contribution >= 4 is 30.7 Å². The first kappa shape index (κ1) is 23.3. The smallest absolute Gasteiger partial charge is 0.239 e. The fraction of sp³-hybridized carbons (Fsp3) is 0.667. The quantitative estimate of drug-likeness (QED) is 0.798. The first-order valence-corrected chi connectivity index (χ1v) is 10.1. The van der Waals surface area contributed by atoms with E-state index in [4.69, 9.17) is 4.74 Å². The molecular weight excluding hydrogens is 397 g/mol. The number of piperazine rings is 1. The number of methoxy groups -OCH3 is 1. The van der Waals surface area contributed by atoms with Gasteiger partial charge >= 0.3 is 0 Å². The van der Waals surface area contributed by atoms with Gasteiger partial charge in [0.1, 0.15) is 5.75 Å². The Kier molecular flexibility index (Phi) is 8.87. The number of benzene rings is 1. The van der Waals surface area contributed by atoms with Crippen LogP contribution in [0.1, 0.15) is 37.7 Å². The minimum absolute atomic E-state index is 0. The summed E-state index contributed by atoms with van der Waals surface area (Å²) in [5.41, 5.74) is 1.22. The number of hydrogen-bond acceptors (Lipinski definition) is 4. The lowest BCUT2D eigenvalue weighted by Gasteiger charge is -2.36. The molecule has 2 aliphatic heterocycles. The molecule has 2 saturated heterocycles. The summed E-state index contributed by atoms with van der Waals surface area (Å²) in [5.74, 6) is 2.00. The first-order chi connectivity index (χ1) is 12.7. The van der Waals surface area contributed by atoms with Crippen molar-refractivity contribution in [2.45, 2.75) is 50.7 Å². The Labute approximate surface area is 181 Å². The van der Waals surface area contributed by atoms with Crippen molar-refractivity contribution in [3.63, 3.8) is 0 Å². The van der Waals surface area contributed by atoms with Crippen LogP contribution in [0.2, 0.25) is 0 Å². The van der Waals surface area contributed by atoms with E-state index in [1.807, 2.05) is 12.1 Å². The fourth-order valence-corrected chi connectivity index (χ4v) is 4.93. The monoisotopic (exact) mass is 429 g/mol. The zero-order valence-corrected chi connectivity index (χ0v) is 18.3. The Hall–Kier alpha value is -1.01. The van der Waals surface area contributed by atoms with Gasteiger partial charge in [-0.1, -0.05) is 31.0 Å². The molecule has 1 aromatic rings. The average molecular weight is 430 g/mol. The third kappa shape index (κ3) is 5.12. The zero-order chi connectivity index (χ0) is 17.9. The Morgan fingerprint density at radius 3 is 2.54 bits per heavy atom. The molecule has 28 heavy (non-hydrogen) atoms. The molecule has 3 aliphatic rings. The highest BCUT2D eigenvalue weighted by molar-refractivity contribution is 5.85. The molecule has 1 aromatic carbocycles. The van der Waals surface area contributed by atoms with Gasteiger partial charge in [0.2, 0.25) is 5.91 Å². The second-order valence-corrected chi connectivity index (χ2v) is 8.02. The molecule has 3 atom stereocenters. The van der Waals surface area contributed by atoms with Gasteiger partial charge in [-0.3, -0.25) is 9.69 Å². The third-order valence-electron chi connectivity index (χ3n) is 6.43. The van der Waals surface area contributed by atoms with E-state index >= 15 is 0 Å². The summed E-state index contributed by atoms with van der Waals surface area (Å²) in [7, 11) is 1.72. The summed E-state index contributed by atoms with van der Waals surface area (Å²) < 4.78 is 5.46. The lowest BCUT2D eigenvalue weighted by atomic mass is 9.85. The largest absolute Gasteiger partial charge is 0.496 e. The number of amides is 1. The van der Waals surface area contributed by atoms with Gasteiger partial charge in [0.25, 0.3) is 0 Å². The maximum Gasteiger partial charge on any atom is 0.239 e. The lowest BCUT2D eigenvalue weighted by Crippen LogP contribution is -2.53. The summed E-state index contributed by atoms with van der Waals surface area (Å²) in [6.07, 6.45) is 6.25. The van der Waals surface area contributed by atoms with Crippen molar-refractivity contribution < 1.29 is 9.53 Å². The molecule has 0 aromatic heterocycles. The molecule has 1 aliphatic carbocycles. The number of carbonyl (C=O) groups is 1. The second-order valence-electron chi connectivity index (χ2n) is 8.02. The van der Waals surface area contributed by atoms with Gasteiger partial charge in [0.05, 0.1) is 13.2 Å². The molecule has 2 heterocycles. The van der Waals surface area contributed by atoms with E-state index < -0.39 is 0 Å². The van der Waals surface area contributed by atoms with Crippen LogP contribution in [0.15, 0.2) is 24.3 Å². The molecule has 1 N–H and O–H groups in total. The Morgan fingerprint density at radius 2 is 1.82 bits per heavy atom. The minimum Gasteiger partial charge on any atom is -0.496 e. The Balaban J connectivity index is 0.00000140. The third-order valence-corrected chi connectivity index (χ3v) is 6.43. The number of rotatable bonds is 4. The van der Waals surface area contributed by atoms with Gasteiger partial charge in [-0.25, -0.2) is 0 Å². The Bertz CT molecular complexity index is 624. The van der Waals surface area contributed by atoms with Gasteiger partial charge in [0.15, 0.2) is 0 Å².